The van der Waals surface area contributed by atoms with Gasteiger partial charge in [0.2, 0.25) is 0 Å². The summed E-state index contributed by atoms with van der Waals surface area (Å²) in [6.45, 7) is 5.11. The topological polar surface area (TPSA) is 43.8 Å². The van der Waals surface area contributed by atoms with E-state index in [2.05, 4.69) is 30.3 Å². The summed E-state index contributed by atoms with van der Waals surface area (Å²) >= 11 is 2.06. The quantitative estimate of drug-likeness (QED) is 0.896. The Balaban J connectivity index is 2.17. The van der Waals surface area contributed by atoms with Crippen LogP contribution in [-0.4, -0.2) is 27.8 Å². The second-order valence-electron chi connectivity index (χ2n) is 4.86. The molecule has 3 nitrogen and oxygen atoms in total. The molecule has 1 atom stereocenters. The molecule has 1 aliphatic heterocycles. The molecule has 1 aromatic rings. The molecule has 96 valence electrons. The summed E-state index contributed by atoms with van der Waals surface area (Å²) in [6.07, 6.45) is 4.75. The maximum Gasteiger partial charge on any atom is 0.0628 e. The lowest BCUT2D eigenvalue weighted by Gasteiger charge is -2.23. The fourth-order valence-electron chi connectivity index (χ4n) is 2.61. The fourth-order valence-corrected chi connectivity index (χ4v) is 3.73. The van der Waals surface area contributed by atoms with Crippen LogP contribution < -0.4 is 5.73 Å². The standard InChI is InChI=1S/C13H23N3S/c1-10-13(6-3-7-14)11(2)16(15-10)12-5-4-8-17-9-12/h12H,3-9,14H2,1-2H3. The third-order valence-corrected chi connectivity index (χ3v) is 4.79. The molecule has 2 rings (SSSR count). The van der Waals surface area contributed by atoms with Gasteiger partial charge in [0, 0.05) is 11.4 Å². The number of nitrogens with zero attached hydrogens (tertiary/aromatic N) is 2. The van der Waals surface area contributed by atoms with Crippen molar-refractivity contribution < 1.29 is 0 Å². The first-order valence-corrected chi connectivity index (χ1v) is 7.72. The van der Waals surface area contributed by atoms with E-state index in [1.807, 2.05) is 0 Å². The van der Waals surface area contributed by atoms with Gasteiger partial charge >= 0.3 is 0 Å². The molecule has 1 saturated heterocycles. The second-order valence-corrected chi connectivity index (χ2v) is 6.01. The smallest absolute Gasteiger partial charge is 0.0628 e. The van der Waals surface area contributed by atoms with Gasteiger partial charge in [0.25, 0.3) is 0 Å². The number of hydrogen-bond donors (Lipinski definition) is 1. The molecule has 1 fully saturated rings. The zero-order valence-electron chi connectivity index (χ0n) is 10.9. The highest BCUT2D eigenvalue weighted by atomic mass is 32.2. The van der Waals surface area contributed by atoms with Gasteiger partial charge in [0.15, 0.2) is 0 Å². The van der Waals surface area contributed by atoms with E-state index in [-0.39, 0.29) is 0 Å². The lowest BCUT2D eigenvalue weighted by molar-refractivity contribution is 0.443. The highest BCUT2D eigenvalue weighted by Gasteiger charge is 2.20. The van der Waals surface area contributed by atoms with Crippen molar-refractivity contribution in [3.8, 4) is 0 Å². The van der Waals surface area contributed by atoms with Crippen molar-refractivity contribution in [2.75, 3.05) is 18.1 Å². The number of rotatable bonds is 4. The summed E-state index contributed by atoms with van der Waals surface area (Å²) in [7, 11) is 0. The Bertz CT molecular complexity index is 367. The molecule has 0 amide bonds. The lowest BCUT2D eigenvalue weighted by Crippen LogP contribution is -2.18. The van der Waals surface area contributed by atoms with Crippen LogP contribution in [0, 0.1) is 13.8 Å². The largest absolute Gasteiger partial charge is 0.330 e. The fraction of sp³-hybridized carbons (Fsp3) is 0.769. The van der Waals surface area contributed by atoms with Crippen molar-refractivity contribution in [2.24, 2.45) is 5.73 Å². The third-order valence-electron chi connectivity index (χ3n) is 3.59. The molecule has 0 bridgehead atoms. The van der Waals surface area contributed by atoms with E-state index in [0.29, 0.717) is 6.04 Å². The average molecular weight is 253 g/mol. The summed E-state index contributed by atoms with van der Waals surface area (Å²) in [5.74, 6) is 2.54. The van der Waals surface area contributed by atoms with Gasteiger partial charge in [0.1, 0.15) is 0 Å². The Kier molecular flexibility index (Phi) is 4.51. The number of hydrogen-bond acceptors (Lipinski definition) is 3. The van der Waals surface area contributed by atoms with Gasteiger partial charge in [-0.1, -0.05) is 0 Å². The van der Waals surface area contributed by atoms with Crippen molar-refractivity contribution in [2.45, 2.75) is 45.6 Å². The molecule has 0 aromatic carbocycles. The molecule has 17 heavy (non-hydrogen) atoms. The first-order chi connectivity index (χ1) is 8.24. The SMILES string of the molecule is Cc1nn(C2CCCSC2)c(C)c1CCCN. The van der Waals surface area contributed by atoms with Crippen molar-refractivity contribution in [3.63, 3.8) is 0 Å². The number of nitrogens with two attached hydrogens (primary N) is 1. The highest BCUT2D eigenvalue weighted by Crippen LogP contribution is 2.29. The van der Waals surface area contributed by atoms with E-state index in [1.54, 1.807) is 0 Å². The molecule has 0 saturated carbocycles. The van der Waals surface area contributed by atoms with Crippen LogP contribution in [0.25, 0.3) is 0 Å². The van der Waals surface area contributed by atoms with Gasteiger partial charge < -0.3 is 5.73 Å². The molecule has 1 aliphatic rings. The van der Waals surface area contributed by atoms with E-state index in [9.17, 15) is 0 Å². The molecule has 4 heteroatoms. The maximum absolute atomic E-state index is 5.60. The third kappa shape index (κ3) is 2.86. The van der Waals surface area contributed by atoms with Gasteiger partial charge in [0.05, 0.1) is 11.7 Å². The van der Waals surface area contributed by atoms with Gasteiger partial charge in [-0.3, -0.25) is 4.68 Å². The predicted octanol–water partition coefficient (Wildman–Crippen LogP) is 2.46. The summed E-state index contributed by atoms with van der Waals surface area (Å²) in [6, 6.07) is 0.610. The number of aryl methyl sites for hydroxylation is 1. The molecule has 1 aromatic heterocycles. The molecular weight excluding hydrogens is 230 g/mol. The minimum Gasteiger partial charge on any atom is -0.330 e. The molecule has 0 spiro atoms. The first kappa shape index (κ1) is 13.0. The first-order valence-electron chi connectivity index (χ1n) is 6.56. The van der Waals surface area contributed by atoms with Crippen molar-refractivity contribution in [1.82, 2.24) is 9.78 Å². The predicted molar refractivity (Wildman–Crippen MR) is 74.7 cm³/mol. The minimum atomic E-state index is 0.610. The van der Waals surface area contributed by atoms with E-state index in [1.165, 1.54) is 41.3 Å². The van der Waals surface area contributed by atoms with Crippen LogP contribution in [0.3, 0.4) is 0 Å². The zero-order valence-corrected chi connectivity index (χ0v) is 11.7. The lowest BCUT2D eigenvalue weighted by atomic mass is 10.1. The Morgan fingerprint density at radius 2 is 2.29 bits per heavy atom. The monoisotopic (exact) mass is 253 g/mol. The van der Waals surface area contributed by atoms with Crippen LogP contribution in [0.4, 0.5) is 0 Å². The summed E-state index contributed by atoms with van der Waals surface area (Å²) in [4.78, 5) is 0. The zero-order chi connectivity index (χ0) is 12.3. The Morgan fingerprint density at radius 3 is 2.94 bits per heavy atom. The van der Waals surface area contributed by atoms with Crippen molar-refractivity contribution in [1.29, 1.82) is 0 Å². The Morgan fingerprint density at radius 1 is 1.47 bits per heavy atom. The van der Waals surface area contributed by atoms with E-state index in [0.717, 1.165) is 19.4 Å². The van der Waals surface area contributed by atoms with E-state index >= 15 is 0 Å². The second kappa shape index (κ2) is 5.91. The van der Waals surface area contributed by atoms with Crippen LogP contribution >= 0.6 is 11.8 Å². The van der Waals surface area contributed by atoms with Gasteiger partial charge in [-0.2, -0.15) is 16.9 Å². The number of thioether (sulfide) groups is 1. The van der Waals surface area contributed by atoms with E-state index in [4.69, 9.17) is 10.8 Å². The van der Waals surface area contributed by atoms with Crippen molar-refractivity contribution in [3.05, 3.63) is 17.0 Å². The van der Waals surface area contributed by atoms with Crippen LogP contribution in [-0.2, 0) is 6.42 Å². The van der Waals surface area contributed by atoms with Crippen LogP contribution in [0.5, 0.6) is 0 Å². The average Bonchev–Trinajstić information content (AvgIpc) is 2.64. The molecular formula is C13H23N3S. The van der Waals surface area contributed by atoms with Gasteiger partial charge in [-0.05, 0) is 57.4 Å². The normalized spacial score (nSPS) is 20.8. The summed E-state index contributed by atoms with van der Waals surface area (Å²) in [5, 5.41) is 4.75. The van der Waals surface area contributed by atoms with Crippen LogP contribution in [0.2, 0.25) is 0 Å². The van der Waals surface area contributed by atoms with Gasteiger partial charge in [-0.15, -0.1) is 0 Å². The number of aromatic nitrogens is 2. The summed E-state index contributed by atoms with van der Waals surface area (Å²) < 4.78 is 2.27. The summed E-state index contributed by atoms with van der Waals surface area (Å²) in [5.41, 5.74) is 9.58. The van der Waals surface area contributed by atoms with Crippen molar-refractivity contribution >= 4 is 11.8 Å². The van der Waals surface area contributed by atoms with Crippen LogP contribution in [0.15, 0.2) is 0 Å². The Hall–Kier alpha value is -0.480. The molecule has 1 unspecified atom stereocenters. The molecule has 2 heterocycles. The molecule has 2 N–H and O–H groups in total. The molecule has 0 aliphatic carbocycles. The highest BCUT2D eigenvalue weighted by molar-refractivity contribution is 7.99. The minimum absolute atomic E-state index is 0.610. The maximum atomic E-state index is 5.60. The van der Waals surface area contributed by atoms with E-state index < -0.39 is 0 Å². The van der Waals surface area contributed by atoms with Crippen LogP contribution in [0.1, 0.15) is 42.3 Å². The van der Waals surface area contributed by atoms with Gasteiger partial charge in [-0.25, -0.2) is 0 Å². The Labute approximate surface area is 108 Å². The molecule has 0 radical (unpaired) electrons.